The third kappa shape index (κ3) is 5.02. The number of nitrogens with one attached hydrogen (secondary N) is 1. The Balaban J connectivity index is 1.74. The van der Waals surface area contributed by atoms with Gasteiger partial charge in [0.05, 0.1) is 18.2 Å². The highest BCUT2D eigenvalue weighted by Crippen LogP contribution is 2.27. The first kappa shape index (κ1) is 20.2. The molecule has 1 amide bonds. The quantitative estimate of drug-likeness (QED) is 0.432. The lowest BCUT2D eigenvalue weighted by atomic mass is 10.1. The number of benzene rings is 3. The highest BCUT2D eigenvalue weighted by molar-refractivity contribution is 7.89. The number of carbonyl (C=O) groups excluding carboxylic acids is 1. The van der Waals surface area contributed by atoms with Crippen LogP contribution in [0.25, 0.3) is 10.8 Å². The van der Waals surface area contributed by atoms with Crippen molar-refractivity contribution in [3.8, 4) is 11.5 Å². The lowest BCUT2D eigenvalue weighted by Crippen LogP contribution is -2.20. The van der Waals surface area contributed by atoms with Gasteiger partial charge >= 0.3 is 0 Å². The predicted octanol–water partition coefficient (Wildman–Crippen LogP) is 2.02. The van der Waals surface area contributed by atoms with E-state index in [1.807, 2.05) is 24.3 Å². The lowest BCUT2D eigenvalue weighted by Gasteiger charge is -2.10. The summed E-state index contributed by atoms with van der Waals surface area (Å²) in [6, 6.07) is 17.1. The minimum absolute atomic E-state index is 0.112. The molecule has 0 saturated carbocycles. The second-order valence-corrected chi connectivity index (χ2v) is 7.69. The van der Waals surface area contributed by atoms with Crippen molar-refractivity contribution in [3.63, 3.8) is 0 Å². The number of primary amides is 1. The number of nitrogens with zero attached hydrogens (tertiary/aromatic N) is 1. The number of rotatable bonds is 8. The molecule has 0 saturated heterocycles. The highest BCUT2D eigenvalue weighted by atomic mass is 32.2. The molecule has 0 atom stereocenters. The Hall–Kier alpha value is -3.59. The monoisotopic (exact) mass is 413 g/mol. The summed E-state index contributed by atoms with van der Waals surface area (Å²) in [6.07, 6.45) is 1.33. The van der Waals surface area contributed by atoms with Crippen LogP contribution in [-0.4, -0.2) is 34.3 Å². The van der Waals surface area contributed by atoms with Crippen LogP contribution in [0.15, 0.2) is 70.7 Å². The molecule has 3 aromatic carbocycles. The first-order valence-corrected chi connectivity index (χ1v) is 10.0. The van der Waals surface area contributed by atoms with E-state index in [1.54, 1.807) is 30.3 Å². The molecule has 0 spiro atoms. The molecule has 0 radical (unpaired) electrons. The summed E-state index contributed by atoms with van der Waals surface area (Å²) >= 11 is 0. The molecular weight excluding hydrogens is 394 g/mol. The van der Waals surface area contributed by atoms with Crippen molar-refractivity contribution < 1.29 is 22.7 Å². The van der Waals surface area contributed by atoms with Crippen LogP contribution < -0.4 is 20.0 Å². The van der Waals surface area contributed by atoms with E-state index in [1.165, 1.54) is 19.4 Å². The smallest absolute Gasteiger partial charge is 0.276 e. The third-order valence-corrected chi connectivity index (χ3v) is 5.20. The Bertz CT molecular complexity index is 1180. The summed E-state index contributed by atoms with van der Waals surface area (Å²) < 4.78 is 35.4. The van der Waals surface area contributed by atoms with Crippen molar-refractivity contribution in [3.05, 3.63) is 66.2 Å². The van der Waals surface area contributed by atoms with E-state index < -0.39 is 15.9 Å². The van der Waals surface area contributed by atoms with Crippen LogP contribution in [0, 0.1) is 0 Å². The number of nitrogens with two attached hydrogens (primary N) is 1. The van der Waals surface area contributed by atoms with Gasteiger partial charge in [-0.25, -0.2) is 4.83 Å². The first-order chi connectivity index (χ1) is 13.9. The molecule has 0 aromatic heterocycles. The number of hydrogen-bond acceptors (Lipinski definition) is 6. The molecule has 29 heavy (non-hydrogen) atoms. The van der Waals surface area contributed by atoms with Crippen LogP contribution in [0.2, 0.25) is 0 Å². The molecule has 3 rings (SSSR count). The van der Waals surface area contributed by atoms with Crippen molar-refractivity contribution in [2.75, 3.05) is 13.7 Å². The van der Waals surface area contributed by atoms with Crippen LogP contribution in [0.1, 0.15) is 5.56 Å². The number of methoxy groups -OCH3 is 1. The fourth-order valence-corrected chi connectivity index (χ4v) is 3.42. The maximum atomic E-state index is 12.5. The molecule has 0 unspecified atom stereocenters. The van der Waals surface area contributed by atoms with Crippen LogP contribution >= 0.6 is 0 Å². The maximum Gasteiger partial charge on any atom is 0.276 e. The molecular formula is C20H19N3O5S. The van der Waals surface area contributed by atoms with E-state index >= 15 is 0 Å². The van der Waals surface area contributed by atoms with E-state index in [0.29, 0.717) is 17.1 Å². The molecule has 9 heteroatoms. The molecule has 3 N–H and O–H groups in total. The third-order valence-electron chi connectivity index (χ3n) is 3.98. The van der Waals surface area contributed by atoms with Gasteiger partial charge in [-0.2, -0.15) is 13.5 Å². The van der Waals surface area contributed by atoms with Crippen LogP contribution in [-0.2, 0) is 14.8 Å². The Kier molecular flexibility index (Phi) is 5.99. The normalized spacial score (nSPS) is 11.5. The number of sulfonamides is 1. The molecule has 0 aliphatic heterocycles. The van der Waals surface area contributed by atoms with Gasteiger partial charge in [0, 0.05) is 0 Å². The van der Waals surface area contributed by atoms with Gasteiger partial charge in [-0.3, -0.25) is 4.79 Å². The van der Waals surface area contributed by atoms with Gasteiger partial charge in [0.2, 0.25) is 0 Å². The fourth-order valence-electron chi connectivity index (χ4n) is 2.59. The van der Waals surface area contributed by atoms with Gasteiger partial charge in [-0.1, -0.05) is 30.3 Å². The zero-order valence-corrected chi connectivity index (χ0v) is 16.3. The molecule has 0 bridgehead atoms. The summed E-state index contributed by atoms with van der Waals surface area (Å²) in [5.41, 5.74) is 5.62. The Labute approximate surface area is 168 Å². The number of amides is 1. The Morgan fingerprint density at radius 2 is 1.83 bits per heavy atom. The lowest BCUT2D eigenvalue weighted by molar-refractivity contribution is -0.119. The number of ether oxygens (including phenoxy) is 2. The van der Waals surface area contributed by atoms with Gasteiger partial charge in [0.15, 0.2) is 18.1 Å². The number of fused-ring (bicyclic) bond motifs is 1. The standard InChI is InChI=1S/C20H19N3O5S/c1-27-19-10-14(6-9-18(19)28-13-20(21)24)12-22-23-29(25,26)17-8-7-15-4-2-3-5-16(15)11-17/h2-12,23H,13H2,1H3,(H2,21,24). The molecule has 0 heterocycles. The highest BCUT2D eigenvalue weighted by Gasteiger charge is 2.13. The fraction of sp³-hybridized carbons (Fsp3) is 0.100. The van der Waals surface area contributed by atoms with Crippen molar-refractivity contribution in [1.29, 1.82) is 0 Å². The SMILES string of the molecule is COc1cc(C=NNS(=O)(=O)c2ccc3ccccc3c2)ccc1OCC(N)=O. The number of hydrazone groups is 1. The van der Waals surface area contributed by atoms with E-state index in [2.05, 4.69) is 9.93 Å². The van der Waals surface area contributed by atoms with Crippen molar-refractivity contribution >= 4 is 32.9 Å². The van der Waals surface area contributed by atoms with Gasteiger partial charge < -0.3 is 15.2 Å². The minimum atomic E-state index is -3.82. The maximum absolute atomic E-state index is 12.5. The predicted molar refractivity (Wildman–Crippen MR) is 110 cm³/mol. The van der Waals surface area contributed by atoms with Gasteiger partial charge in [0.1, 0.15) is 0 Å². The van der Waals surface area contributed by atoms with Crippen molar-refractivity contribution in [1.82, 2.24) is 4.83 Å². The molecule has 0 fully saturated rings. The Morgan fingerprint density at radius 1 is 1.07 bits per heavy atom. The van der Waals surface area contributed by atoms with E-state index in [0.717, 1.165) is 10.8 Å². The van der Waals surface area contributed by atoms with Crippen molar-refractivity contribution in [2.45, 2.75) is 4.90 Å². The average Bonchev–Trinajstić information content (AvgIpc) is 2.72. The Morgan fingerprint density at radius 3 is 2.55 bits per heavy atom. The topological polar surface area (TPSA) is 120 Å². The van der Waals surface area contributed by atoms with Crippen LogP contribution in [0.4, 0.5) is 0 Å². The second-order valence-electron chi connectivity index (χ2n) is 6.03. The summed E-state index contributed by atoms with van der Waals surface area (Å²) in [5.74, 6) is 0.0774. The van der Waals surface area contributed by atoms with E-state index in [4.69, 9.17) is 15.2 Å². The van der Waals surface area contributed by atoms with E-state index in [-0.39, 0.29) is 11.5 Å². The van der Waals surface area contributed by atoms with Gasteiger partial charge in [0.25, 0.3) is 15.9 Å². The summed E-state index contributed by atoms with van der Waals surface area (Å²) in [7, 11) is -2.38. The molecule has 0 aliphatic rings. The second kappa shape index (κ2) is 8.61. The largest absolute Gasteiger partial charge is 0.493 e. The number of hydrogen-bond donors (Lipinski definition) is 2. The summed E-state index contributed by atoms with van der Waals surface area (Å²) in [5, 5.41) is 5.58. The minimum Gasteiger partial charge on any atom is -0.493 e. The zero-order chi connectivity index (χ0) is 20.9. The molecule has 3 aromatic rings. The zero-order valence-electron chi connectivity index (χ0n) is 15.5. The van der Waals surface area contributed by atoms with Crippen LogP contribution in [0.5, 0.6) is 11.5 Å². The van der Waals surface area contributed by atoms with Crippen LogP contribution in [0.3, 0.4) is 0 Å². The van der Waals surface area contributed by atoms with Crippen molar-refractivity contribution in [2.24, 2.45) is 10.8 Å². The summed E-state index contributed by atoms with van der Waals surface area (Å²) in [6.45, 7) is -0.282. The van der Waals surface area contributed by atoms with E-state index in [9.17, 15) is 13.2 Å². The summed E-state index contributed by atoms with van der Waals surface area (Å²) in [4.78, 5) is 13.1. The molecule has 8 nitrogen and oxygen atoms in total. The molecule has 0 aliphatic carbocycles. The first-order valence-electron chi connectivity index (χ1n) is 8.52. The average molecular weight is 413 g/mol. The molecule has 150 valence electrons. The van der Waals surface area contributed by atoms with Gasteiger partial charge in [-0.05, 0) is 46.7 Å². The number of carbonyl (C=O) groups is 1. The van der Waals surface area contributed by atoms with Gasteiger partial charge in [-0.15, -0.1) is 0 Å².